The van der Waals surface area contributed by atoms with Crippen molar-refractivity contribution in [3.8, 4) is 0 Å². The first kappa shape index (κ1) is 14.7. The number of hydrogen-bond donors (Lipinski definition) is 0. The number of hydrogen-bond acceptors (Lipinski definition) is 3. The van der Waals surface area contributed by atoms with Gasteiger partial charge in [-0.1, -0.05) is 54.6 Å². The van der Waals surface area contributed by atoms with Gasteiger partial charge in [0.25, 0.3) is 0 Å². The molecule has 0 aliphatic heterocycles. The average molecular weight is 269 g/mol. The molecule has 0 saturated heterocycles. The van der Waals surface area contributed by atoms with Gasteiger partial charge in [0.1, 0.15) is 0 Å². The highest BCUT2D eigenvalue weighted by Gasteiger charge is 2.23. The fraction of sp³-hybridized carbons (Fsp3) is 0.294. The quantitative estimate of drug-likeness (QED) is 0.778. The molecule has 106 valence electrons. The average Bonchev–Trinajstić information content (AvgIpc) is 2.41. The number of rotatable bonds is 4. The molecule has 0 aromatic heterocycles. The van der Waals surface area contributed by atoms with E-state index in [1.54, 1.807) is 0 Å². The predicted octanol–water partition coefficient (Wildman–Crippen LogP) is 2.82. The molecule has 0 saturated carbocycles. The number of allylic oxidation sites excluding steroid dienone is 2. The fourth-order valence-electron chi connectivity index (χ4n) is 2.49. The molecule has 1 aromatic carbocycles. The molecule has 0 N–H and O–H groups in total. The maximum atomic E-state index is 2.24. The first-order valence-corrected chi connectivity index (χ1v) is 6.85. The van der Waals surface area contributed by atoms with E-state index in [2.05, 4.69) is 98.0 Å². The minimum Gasteiger partial charge on any atom is -0.233 e. The van der Waals surface area contributed by atoms with Gasteiger partial charge in [-0.2, -0.15) is 5.12 Å². The van der Waals surface area contributed by atoms with Crippen molar-refractivity contribution in [3.05, 3.63) is 65.8 Å². The van der Waals surface area contributed by atoms with Crippen LogP contribution >= 0.6 is 0 Å². The molecule has 3 nitrogen and oxygen atoms in total. The highest BCUT2D eigenvalue weighted by Crippen LogP contribution is 2.22. The highest BCUT2D eigenvalue weighted by molar-refractivity contribution is 5.59. The minimum absolute atomic E-state index is 0.213. The van der Waals surface area contributed by atoms with E-state index in [9.17, 15) is 0 Å². The molecule has 0 spiro atoms. The lowest BCUT2D eigenvalue weighted by atomic mass is 9.99. The summed E-state index contributed by atoms with van der Waals surface area (Å²) in [4.78, 5) is 0. The van der Waals surface area contributed by atoms with Crippen LogP contribution in [0, 0.1) is 0 Å². The van der Waals surface area contributed by atoms with E-state index in [1.165, 1.54) is 11.1 Å². The number of benzene rings is 1. The smallest absolute Gasteiger partial charge is 0.0838 e. The molecule has 2 rings (SSSR count). The van der Waals surface area contributed by atoms with Crippen molar-refractivity contribution in [3.63, 3.8) is 0 Å². The van der Waals surface area contributed by atoms with Crippen LogP contribution in [0.1, 0.15) is 5.56 Å². The second kappa shape index (κ2) is 6.66. The van der Waals surface area contributed by atoms with Crippen molar-refractivity contribution in [2.24, 2.45) is 0 Å². The van der Waals surface area contributed by atoms with E-state index in [-0.39, 0.29) is 6.04 Å². The van der Waals surface area contributed by atoms with Crippen molar-refractivity contribution in [2.45, 2.75) is 6.04 Å². The van der Waals surface area contributed by atoms with Gasteiger partial charge >= 0.3 is 0 Å². The summed E-state index contributed by atoms with van der Waals surface area (Å²) in [6.45, 7) is 0. The summed E-state index contributed by atoms with van der Waals surface area (Å²) in [7, 11) is 8.25. The van der Waals surface area contributed by atoms with Crippen LogP contribution in [0.15, 0.2) is 60.2 Å². The van der Waals surface area contributed by atoms with Gasteiger partial charge in [0.2, 0.25) is 0 Å². The second-order valence-corrected chi connectivity index (χ2v) is 5.26. The molecule has 0 bridgehead atoms. The van der Waals surface area contributed by atoms with Crippen molar-refractivity contribution in [1.82, 2.24) is 15.1 Å². The molecule has 0 heterocycles. The molecule has 1 aliphatic carbocycles. The zero-order valence-electron chi connectivity index (χ0n) is 12.7. The van der Waals surface area contributed by atoms with Crippen molar-refractivity contribution < 1.29 is 0 Å². The van der Waals surface area contributed by atoms with E-state index in [0.29, 0.717) is 0 Å². The van der Waals surface area contributed by atoms with Crippen molar-refractivity contribution in [1.29, 1.82) is 0 Å². The van der Waals surface area contributed by atoms with Gasteiger partial charge in [-0.15, -0.1) is 0 Å². The maximum Gasteiger partial charge on any atom is 0.0838 e. The Labute approximate surface area is 122 Å². The van der Waals surface area contributed by atoms with E-state index in [0.717, 1.165) is 0 Å². The van der Waals surface area contributed by atoms with Crippen LogP contribution in [0.2, 0.25) is 0 Å². The van der Waals surface area contributed by atoms with Crippen LogP contribution < -0.4 is 0 Å². The van der Waals surface area contributed by atoms with Gasteiger partial charge < -0.3 is 0 Å². The lowest BCUT2D eigenvalue weighted by Crippen LogP contribution is -2.52. The normalized spacial score (nSPS) is 20.6. The van der Waals surface area contributed by atoms with Gasteiger partial charge in [0.05, 0.1) is 6.04 Å². The first-order valence-electron chi connectivity index (χ1n) is 6.85. The van der Waals surface area contributed by atoms with Gasteiger partial charge in [-0.3, -0.25) is 0 Å². The largest absolute Gasteiger partial charge is 0.233 e. The summed E-state index contributed by atoms with van der Waals surface area (Å²) in [6, 6.07) is 10.7. The minimum atomic E-state index is 0.213. The molecule has 1 aliphatic rings. The van der Waals surface area contributed by atoms with Crippen LogP contribution in [0.25, 0.3) is 6.08 Å². The number of hydrazine groups is 2. The second-order valence-electron chi connectivity index (χ2n) is 5.26. The molecule has 1 unspecified atom stereocenters. The molecular formula is C17H23N3. The Morgan fingerprint density at radius 3 is 2.15 bits per heavy atom. The molecule has 0 fully saturated rings. The molecule has 0 amide bonds. The van der Waals surface area contributed by atoms with E-state index in [1.807, 2.05) is 6.07 Å². The topological polar surface area (TPSA) is 9.72 Å². The Balaban J connectivity index is 2.33. The van der Waals surface area contributed by atoms with Gasteiger partial charge in [-0.05, 0) is 17.2 Å². The van der Waals surface area contributed by atoms with Gasteiger partial charge in [0, 0.05) is 28.2 Å². The van der Waals surface area contributed by atoms with E-state index in [4.69, 9.17) is 0 Å². The van der Waals surface area contributed by atoms with Crippen LogP contribution in [-0.4, -0.2) is 49.4 Å². The zero-order chi connectivity index (χ0) is 14.5. The third-order valence-electron chi connectivity index (χ3n) is 3.24. The summed E-state index contributed by atoms with van der Waals surface area (Å²) in [5.74, 6) is 0. The van der Waals surface area contributed by atoms with Gasteiger partial charge in [-0.25, -0.2) is 10.0 Å². The van der Waals surface area contributed by atoms with Crippen LogP contribution in [0.4, 0.5) is 0 Å². The Morgan fingerprint density at radius 1 is 0.900 bits per heavy atom. The van der Waals surface area contributed by atoms with Crippen LogP contribution in [0.3, 0.4) is 0 Å². The fourth-order valence-corrected chi connectivity index (χ4v) is 2.49. The lowest BCUT2D eigenvalue weighted by molar-refractivity contribution is -0.144. The van der Waals surface area contributed by atoms with Crippen LogP contribution in [-0.2, 0) is 0 Å². The van der Waals surface area contributed by atoms with E-state index < -0.39 is 0 Å². The zero-order valence-corrected chi connectivity index (χ0v) is 12.7. The molecule has 1 atom stereocenters. The van der Waals surface area contributed by atoms with Gasteiger partial charge in [0.15, 0.2) is 0 Å². The third kappa shape index (κ3) is 3.45. The molecule has 20 heavy (non-hydrogen) atoms. The summed E-state index contributed by atoms with van der Waals surface area (Å²) in [5.41, 5.74) is 2.51. The molecular weight excluding hydrogens is 246 g/mol. The monoisotopic (exact) mass is 269 g/mol. The highest BCUT2D eigenvalue weighted by atomic mass is 15.8. The van der Waals surface area contributed by atoms with Crippen LogP contribution in [0.5, 0.6) is 0 Å². The lowest BCUT2D eigenvalue weighted by Gasteiger charge is -2.40. The third-order valence-corrected chi connectivity index (χ3v) is 3.24. The summed E-state index contributed by atoms with van der Waals surface area (Å²) >= 11 is 0. The Morgan fingerprint density at radius 2 is 1.55 bits per heavy atom. The first-order chi connectivity index (χ1) is 9.59. The Kier molecular flexibility index (Phi) is 4.90. The molecule has 0 radical (unpaired) electrons. The molecule has 3 heteroatoms. The number of nitrogens with zero attached hydrogens (tertiary/aromatic N) is 3. The molecule has 1 aromatic rings. The predicted molar refractivity (Wildman–Crippen MR) is 85.7 cm³/mol. The Hall–Kier alpha value is -1.68. The summed E-state index contributed by atoms with van der Waals surface area (Å²) in [5, 5.41) is 6.43. The standard InChI is InChI=1S/C17H23N3/c1-18(2)20(19(3)4)17-13-9-8-12-16(17)14-15-10-6-5-7-11-15/h5-14,17H,1-4H3. The summed E-state index contributed by atoms with van der Waals surface area (Å²) in [6.07, 6.45) is 10.8. The Bertz CT molecular complexity index is 504. The van der Waals surface area contributed by atoms with Crippen molar-refractivity contribution >= 4 is 6.08 Å². The maximum absolute atomic E-state index is 2.24. The van der Waals surface area contributed by atoms with Crippen molar-refractivity contribution in [2.75, 3.05) is 28.2 Å². The summed E-state index contributed by atoms with van der Waals surface area (Å²) < 4.78 is 0. The van der Waals surface area contributed by atoms with E-state index >= 15 is 0 Å². The SMILES string of the molecule is CN(C)N(C1C=CC=CC1=Cc1ccccc1)N(C)C.